The quantitative estimate of drug-likeness (QED) is 0.789. The summed E-state index contributed by atoms with van der Waals surface area (Å²) in [6, 6.07) is 10.7. The molecule has 0 aliphatic rings. The molecule has 0 saturated carbocycles. The maximum absolute atomic E-state index is 13.4. The first-order valence-electron chi connectivity index (χ1n) is 7.72. The van der Waals surface area contributed by atoms with Crippen molar-refractivity contribution in [3.8, 4) is 17.3 Å². The van der Waals surface area contributed by atoms with Crippen LogP contribution in [-0.4, -0.2) is 22.7 Å². The van der Waals surface area contributed by atoms with Crippen LogP contribution in [0.25, 0.3) is 11.3 Å². The Labute approximate surface area is 153 Å². The van der Waals surface area contributed by atoms with E-state index in [4.69, 9.17) is 0 Å². The molecule has 8 heteroatoms. The zero-order valence-electron chi connectivity index (χ0n) is 14.1. The summed E-state index contributed by atoms with van der Waals surface area (Å²) in [6.07, 6.45) is -4.70. The maximum atomic E-state index is 13.4. The fraction of sp³-hybridized carbons (Fsp3) is 0.278. The fourth-order valence-corrected chi connectivity index (χ4v) is 3.03. The van der Waals surface area contributed by atoms with Crippen LogP contribution in [0.1, 0.15) is 25.0 Å². The topological polar surface area (TPSA) is 65.8 Å². The molecular weight excluding hydrogens is 363 g/mol. The van der Waals surface area contributed by atoms with Crippen LogP contribution < -0.4 is 5.32 Å². The van der Waals surface area contributed by atoms with Gasteiger partial charge in [0, 0.05) is 11.6 Å². The lowest BCUT2D eigenvalue weighted by Gasteiger charge is -2.14. The number of pyridine rings is 1. The predicted octanol–water partition coefficient (Wildman–Crippen LogP) is 4.26. The van der Waals surface area contributed by atoms with Gasteiger partial charge in [-0.25, -0.2) is 4.98 Å². The average Bonchev–Trinajstić information content (AvgIpc) is 2.58. The molecule has 1 heterocycles. The van der Waals surface area contributed by atoms with Gasteiger partial charge in [0.2, 0.25) is 5.91 Å². The van der Waals surface area contributed by atoms with Crippen LogP contribution in [-0.2, 0) is 11.0 Å². The van der Waals surface area contributed by atoms with E-state index in [0.29, 0.717) is 5.56 Å². The third-order valence-corrected chi connectivity index (χ3v) is 4.24. The number of carbonyl (C=O) groups excluding carboxylic acids is 1. The molecule has 0 aliphatic heterocycles. The summed E-state index contributed by atoms with van der Waals surface area (Å²) in [7, 11) is 0. The largest absolute Gasteiger partial charge is 0.417 e. The first-order valence-corrected chi connectivity index (χ1v) is 8.71. The molecule has 26 heavy (non-hydrogen) atoms. The highest BCUT2D eigenvalue weighted by Gasteiger charge is 2.36. The average molecular weight is 379 g/mol. The number of thioether (sulfide) groups is 1. The van der Waals surface area contributed by atoms with Crippen molar-refractivity contribution in [3.63, 3.8) is 0 Å². The Balaban J connectivity index is 2.48. The monoisotopic (exact) mass is 379 g/mol. The molecule has 0 saturated heterocycles. The summed E-state index contributed by atoms with van der Waals surface area (Å²) >= 11 is 0.815. The van der Waals surface area contributed by atoms with Crippen LogP contribution in [0.2, 0.25) is 0 Å². The third kappa shape index (κ3) is 4.99. The van der Waals surface area contributed by atoms with Crippen molar-refractivity contribution in [3.05, 3.63) is 47.5 Å². The number of nitrogens with one attached hydrogen (secondary N) is 1. The second-order valence-electron chi connectivity index (χ2n) is 5.72. The molecule has 0 unspecified atom stereocenters. The van der Waals surface area contributed by atoms with Crippen molar-refractivity contribution in [2.75, 3.05) is 5.75 Å². The lowest BCUT2D eigenvalue weighted by Crippen LogP contribution is -2.31. The van der Waals surface area contributed by atoms with E-state index in [-0.39, 0.29) is 28.4 Å². The van der Waals surface area contributed by atoms with Gasteiger partial charge in [-0.2, -0.15) is 18.4 Å². The van der Waals surface area contributed by atoms with E-state index in [2.05, 4.69) is 10.3 Å². The minimum Gasteiger partial charge on any atom is -0.353 e. The van der Waals surface area contributed by atoms with E-state index in [1.807, 2.05) is 0 Å². The van der Waals surface area contributed by atoms with Gasteiger partial charge in [-0.1, -0.05) is 42.1 Å². The molecule has 0 spiro atoms. The summed E-state index contributed by atoms with van der Waals surface area (Å²) in [5, 5.41) is 11.8. The molecule has 4 nitrogen and oxygen atoms in total. The van der Waals surface area contributed by atoms with E-state index < -0.39 is 17.3 Å². The standard InChI is InChI=1S/C18H16F3N3OS/c1-11(2)23-16(25)10-26-17-13(9-22)14(18(19,20)21)8-15(24-17)12-6-4-3-5-7-12/h3-8,11H,10H2,1-2H3,(H,23,25). The first kappa shape index (κ1) is 19.8. The fourth-order valence-electron chi connectivity index (χ4n) is 2.21. The molecule has 2 rings (SSSR count). The Hall–Kier alpha value is -2.53. The van der Waals surface area contributed by atoms with Crippen molar-refractivity contribution < 1.29 is 18.0 Å². The minimum absolute atomic E-state index is 0.0899. The van der Waals surface area contributed by atoms with Crippen molar-refractivity contribution in [1.82, 2.24) is 10.3 Å². The summed E-state index contributed by atoms with van der Waals surface area (Å²) in [5.74, 6) is -0.468. The van der Waals surface area contributed by atoms with E-state index in [0.717, 1.165) is 17.8 Å². The van der Waals surface area contributed by atoms with Gasteiger partial charge in [0.1, 0.15) is 11.1 Å². The minimum atomic E-state index is -4.70. The van der Waals surface area contributed by atoms with Gasteiger partial charge in [0.15, 0.2) is 0 Å². The molecule has 0 bridgehead atoms. The number of nitrogens with zero attached hydrogens (tertiary/aromatic N) is 2. The molecule has 0 atom stereocenters. The molecule has 136 valence electrons. The molecule has 1 aromatic heterocycles. The van der Waals surface area contributed by atoms with Crippen LogP contribution in [0.15, 0.2) is 41.4 Å². The summed E-state index contributed by atoms with van der Waals surface area (Å²) in [6.45, 7) is 3.55. The van der Waals surface area contributed by atoms with E-state index >= 15 is 0 Å². The number of nitriles is 1. The zero-order chi connectivity index (χ0) is 19.3. The molecule has 2 aromatic rings. The van der Waals surface area contributed by atoms with Gasteiger partial charge in [0.05, 0.1) is 22.6 Å². The number of benzene rings is 1. The predicted molar refractivity (Wildman–Crippen MR) is 93.4 cm³/mol. The number of hydrogen-bond donors (Lipinski definition) is 1. The van der Waals surface area contributed by atoms with E-state index in [1.165, 1.54) is 0 Å². The van der Waals surface area contributed by atoms with Crippen LogP contribution in [0.4, 0.5) is 13.2 Å². The Kier molecular flexibility index (Phi) is 6.27. The van der Waals surface area contributed by atoms with Crippen molar-refractivity contribution in [2.45, 2.75) is 31.1 Å². The molecular formula is C18H16F3N3OS. The molecule has 1 N–H and O–H groups in total. The van der Waals surface area contributed by atoms with Crippen LogP contribution in [0.5, 0.6) is 0 Å². The molecule has 1 amide bonds. The SMILES string of the molecule is CC(C)NC(=O)CSc1nc(-c2ccccc2)cc(C(F)(F)F)c1C#N. The Morgan fingerprint density at radius 3 is 2.50 bits per heavy atom. The van der Waals surface area contributed by atoms with E-state index in [1.54, 1.807) is 50.2 Å². The van der Waals surface area contributed by atoms with Gasteiger partial charge in [-0.15, -0.1) is 0 Å². The van der Waals surface area contributed by atoms with Crippen LogP contribution in [0.3, 0.4) is 0 Å². The maximum Gasteiger partial charge on any atom is 0.417 e. The number of alkyl halides is 3. The zero-order valence-corrected chi connectivity index (χ0v) is 14.9. The summed E-state index contributed by atoms with van der Waals surface area (Å²) in [5.41, 5.74) is -1.03. The van der Waals surface area contributed by atoms with Gasteiger partial charge in [-0.3, -0.25) is 4.79 Å². The second-order valence-corrected chi connectivity index (χ2v) is 6.69. The van der Waals surface area contributed by atoms with Crippen LogP contribution in [0, 0.1) is 11.3 Å². The smallest absolute Gasteiger partial charge is 0.353 e. The lowest BCUT2D eigenvalue weighted by molar-refractivity contribution is -0.138. The third-order valence-electron chi connectivity index (χ3n) is 3.26. The van der Waals surface area contributed by atoms with Crippen molar-refractivity contribution in [1.29, 1.82) is 5.26 Å². The number of halogens is 3. The Morgan fingerprint density at radius 2 is 1.96 bits per heavy atom. The normalized spacial score (nSPS) is 11.3. The first-order chi connectivity index (χ1) is 12.2. The van der Waals surface area contributed by atoms with Crippen molar-refractivity contribution >= 4 is 17.7 Å². The number of carbonyl (C=O) groups is 1. The molecule has 1 aromatic carbocycles. The van der Waals surface area contributed by atoms with Crippen molar-refractivity contribution in [2.24, 2.45) is 0 Å². The van der Waals surface area contributed by atoms with Gasteiger partial charge < -0.3 is 5.32 Å². The van der Waals surface area contributed by atoms with Gasteiger partial charge >= 0.3 is 6.18 Å². The summed E-state index contributed by atoms with van der Waals surface area (Å²) in [4.78, 5) is 16.0. The number of amides is 1. The highest BCUT2D eigenvalue weighted by Crippen LogP contribution is 2.37. The molecule has 0 aliphatic carbocycles. The van der Waals surface area contributed by atoms with Gasteiger partial charge in [-0.05, 0) is 19.9 Å². The Bertz CT molecular complexity index is 830. The number of rotatable bonds is 5. The lowest BCUT2D eigenvalue weighted by atomic mass is 10.1. The number of hydrogen-bond acceptors (Lipinski definition) is 4. The highest BCUT2D eigenvalue weighted by molar-refractivity contribution is 8.00. The van der Waals surface area contributed by atoms with Gasteiger partial charge in [0.25, 0.3) is 0 Å². The second kappa shape index (κ2) is 8.23. The van der Waals surface area contributed by atoms with E-state index in [9.17, 15) is 23.2 Å². The Morgan fingerprint density at radius 1 is 1.31 bits per heavy atom. The highest BCUT2D eigenvalue weighted by atomic mass is 32.2. The molecule has 0 fully saturated rings. The summed E-state index contributed by atoms with van der Waals surface area (Å²) < 4.78 is 40.2. The van der Waals surface area contributed by atoms with Crippen LogP contribution >= 0.6 is 11.8 Å². The number of aromatic nitrogens is 1. The molecule has 0 radical (unpaired) electrons.